The predicted molar refractivity (Wildman–Crippen MR) is 121 cm³/mol. The van der Waals surface area contributed by atoms with Crippen LogP contribution in [0.4, 0.5) is 10.1 Å². The van der Waals surface area contributed by atoms with E-state index in [4.69, 9.17) is 4.74 Å². The van der Waals surface area contributed by atoms with Crippen LogP contribution < -0.4 is 20.7 Å². The summed E-state index contributed by atoms with van der Waals surface area (Å²) in [5.74, 6) is 0.429. The molecule has 0 aromatic heterocycles. The summed E-state index contributed by atoms with van der Waals surface area (Å²) in [5.41, 5.74) is 0.729. The number of carbonyl (C=O) groups excluding carboxylic acids is 1. The van der Waals surface area contributed by atoms with Crippen LogP contribution in [-0.4, -0.2) is 37.6 Å². The number of rotatable bonds is 8. The molecule has 1 atom stereocenters. The molecule has 0 heterocycles. The lowest BCUT2D eigenvalue weighted by atomic mass is 10.3. The van der Waals surface area contributed by atoms with Gasteiger partial charge in [0.05, 0.1) is 6.54 Å². The van der Waals surface area contributed by atoms with Gasteiger partial charge in [-0.2, -0.15) is 0 Å². The second-order valence-corrected chi connectivity index (χ2v) is 5.88. The molecule has 0 radical (unpaired) electrons. The van der Waals surface area contributed by atoms with E-state index >= 15 is 0 Å². The summed E-state index contributed by atoms with van der Waals surface area (Å²) < 4.78 is 18.9. The SMILES string of the molecule is CCNC(=NCC(=O)Nc1ccccc1)NCC(C)Oc1cccc(F)c1.I. The van der Waals surface area contributed by atoms with Crippen molar-refractivity contribution in [3.8, 4) is 5.75 Å². The van der Waals surface area contributed by atoms with Gasteiger partial charge < -0.3 is 20.7 Å². The van der Waals surface area contributed by atoms with Crippen LogP contribution in [0.15, 0.2) is 59.6 Å². The largest absolute Gasteiger partial charge is 0.489 e. The van der Waals surface area contributed by atoms with E-state index in [1.807, 2.05) is 44.2 Å². The Hall–Kier alpha value is -2.36. The third-order valence-electron chi connectivity index (χ3n) is 3.47. The minimum Gasteiger partial charge on any atom is -0.489 e. The summed E-state index contributed by atoms with van der Waals surface area (Å²) in [6.45, 7) is 4.90. The first-order valence-corrected chi connectivity index (χ1v) is 8.86. The van der Waals surface area contributed by atoms with Crippen LogP contribution in [0, 0.1) is 5.82 Å². The van der Waals surface area contributed by atoms with Crippen LogP contribution in [0.25, 0.3) is 0 Å². The van der Waals surface area contributed by atoms with Gasteiger partial charge in [0.25, 0.3) is 0 Å². The van der Waals surface area contributed by atoms with Crippen LogP contribution in [0.5, 0.6) is 5.75 Å². The van der Waals surface area contributed by atoms with Crippen molar-refractivity contribution in [3.05, 3.63) is 60.4 Å². The second-order valence-electron chi connectivity index (χ2n) is 5.88. The molecule has 28 heavy (non-hydrogen) atoms. The maximum Gasteiger partial charge on any atom is 0.246 e. The summed E-state index contributed by atoms with van der Waals surface area (Å²) >= 11 is 0. The molecule has 0 aliphatic rings. The number of ether oxygens (including phenoxy) is 1. The summed E-state index contributed by atoms with van der Waals surface area (Å²) in [5, 5.41) is 8.97. The van der Waals surface area contributed by atoms with Gasteiger partial charge >= 0.3 is 0 Å². The van der Waals surface area contributed by atoms with E-state index in [9.17, 15) is 9.18 Å². The van der Waals surface area contributed by atoms with Crippen molar-refractivity contribution in [1.82, 2.24) is 10.6 Å². The van der Waals surface area contributed by atoms with Crippen molar-refractivity contribution in [3.63, 3.8) is 0 Å². The molecule has 0 saturated heterocycles. The zero-order valence-corrected chi connectivity index (χ0v) is 18.3. The molecule has 152 valence electrons. The third kappa shape index (κ3) is 9.03. The van der Waals surface area contributed by atoms with Crippen molar-refractivity contribution in [1.29, 1.82) is 0 Å². The molecule has 0 fully saturated rings. The Morgan fingerprint density at radius 2 is 1.89 bits per heavy atom. The van der Waals surface area contributed by atoms with E-state index in [0.717, 1.165) is 5.69 Å². The van der Waals surface area contributed by atoms with E-state index < -0.39 is 0 Å². The Morgan fingerprint density at radius 3 is 2.57 bits per heavy atom. The normalized spacial score (nSPS) is 11.8. The smallest absolute Gasteiger partial charge is 0.246 e. The maximum atomic E-state index is 13.2. The fourth-order valence-electron chi connectivity index (χ4n) is 2.27. The number of benzene rings is 2. The minimum atomic E-state index is -0.341. The van der Waals surface area contributed by atoms with Gasteiger partial charge in [-0.05, 0) is 38.1 Å². The monoisotopic (exact) mass is 500 g/mol. The van der Waals surface area contributed by atoms with Gasteiger partial charge in [0.15, 0.2) is 5.96 Å². The number of anilines is 1. The molecule has 3 N–H and O–H groups in total. The quantitative estimate of drug-likeness (QED) is 0.295. The molecular formula is C20H26FIN4O2. The molecule has 1 amide bonds. The van der Waals surface area contributed by atoms with E-state index in [1.165, 1.54) is 12.1 Å². The number of nitrogens with zero attached hydrogens (tertiary/aromatic N) is 1. The third-order valence-corrected chi connectivity index (χ3v) is 3.47. The molecule has 8 heteroatoms. The van der Waals surface area contributed by atoms with E-state index in [0.29, 0.717) is 24.8 Å². The highest BCUT2D eigenvalue weighted by Crippen LogP contribution is 2.13. The van der Waals surface area contributed by atoms with Gasteiger partial charge in [0.2, 0.25) is 5.91 Å². The first-order chi connectivity index (χ1) is 13.1. The lowest BCUT2D eigenvalue weighted by molar-refractivity contribution is -0.114. The zero-order valence-electron chi connectivity index (χ0n) is 15.9. The van der Waals surface area contributed by atoms with Crippen molar-refractivity contribution < 1.29 is 13.9 Å². The molecule has 6 nitrogen and oxygen atoms in total. The second kappa shape index (κ2) is 12.9. The summed E-state index contributed by atoms with van der Waals surface area (Å²) in [6, 6.07) is 15.2. The highest BCUT2D eigenvalue weighted by Gasteiger charge is 2.07. The molecular weight excluding hydrogens is 474 g/mol. The maximum absolute atomic E-state index is 13.2. The highest BCUT2D eigenvalue weighted by molar-refractivity contribution is 14.0. The molecule has 2 rings (SSSR count). The predicted octanol–water partition coefficient (Wildman–Crippen LogP) is 3.40. The average Bonchev–Trinajstić information content (AvgIpc) is 2.65. The van der Waals surface area contributed by atoms with Crippen LogP contribution in [0.3, 0.4) is 0 Å². The first-order valence-electron chi connectivity index (χ1n) is 8.86. The van der Waals surface area contributed by atoms with Gasteiger partial charge in [0, 0.05) is 18.3 Å². The number of carbonyl (C=O) groups is 1. The molecule has 2 aromatic carbocycles. The highest BCUT2D eigenvalue weighted by atomic mass is 127. The minimum absolute atomic E-state index is 0. The van der Waals surface area contributed by atoms with Crippen molar-refractivity contribution >= 4 is 41.5 Å². The van der Waals surface area contributed by atoms with Crippen molar-refractivity contribution in [2.24, 2.45) is 4.99 Å². The Balaban J connectivity index is 0.00000392. The van der Waals surface area contributed by atoms with Gasteiger partial charge in [-0.15, -0.1) is 24.0 Å². The molecule has 0 bridgehead atoms. The number of hydrogen-bond acceptors (Lipinski definition) is 3. The van der Waals surface area contributed by atoms with Gasteiger partial charge in [-0.3, -0.25) is 4.79 Å². The molecule has 0 saturated carbocycles. The molecule has 0 aliphatic heterocycles. The number of halogens is 2. The number of nitrogens with one attached hydrogen (secondary N) is 3. The summed E-state index contributed by atoms with van der Waals surface area (Å²) in [7, 11) is 0. The Morgan fingerprint density at radius 1 is 1.14 bits per heavy atom. The standard InChI is InChI=1S/C20H25FN4O2.HI/c1-3-22-20(24-14-19(26)25-17-9-5-4-6-10-17)23-13-15(2)27-18-11-7-8-16(21)12-18;/h4-12,15H,3,13-14H2,1-2H3,(H,25,26)(H2,22,23,24);1H. The van der Waals surface area contributed by atoms with E-state index in [2.05, 4.69) is 20.9 Å². The van der Waals surface area contributed by atoms with E-state index in [1.54, 1.807) is 12.1 Å². The van der Waals surface area contributed by atoms with Gasteiger partial charge in [-0.25, -0.2) is 9.38 Å². The molecule has 0 aliphatic carbocycles. The van der Waals surface area contributed by atoms with E-state index in [-0.39, 0.29) is 48.3 Å². The number of para-hydroxylation sites is 1. The lowest BCUT2D eigenvalue weighted by Gasteiger charge is -2.17. The summed E-state index contributed by atoms with van der Waals surface area (Å²) in [4.78, 5) is 16.3. The van der Waals surface area contributed by atoms with Crippen LogP contribution in [0.1, 0.15) is 13.8 Å². The van der Waals surface area contributed by atoms with Crippen LogP contribution in [-0.2, 0) is 4.79 Å². The number of guanidine groups is 1. The fraction of sp³-hybridized carbons (Fsp3) is 0.300. The Labute approximate surface area is 182 Å². The summed E-state index contributed by atoms with van der Waals surface area (Å²) in [6.07, 6.45) is -0.214. The number of aliphatic imine (C=N–C) groups is 1. The average molecular weight is 500 g/mol. The number of amides is 1. The molecule has 0 spiro atoms. The van der Waals surface area contributed by atoms with Crippen LogP contribution >= 0.6 is 24.0 Å². The van der Waals surface area contributed by atoms with Crippen LogP contribution in [0.2, 0.25) is 0 Å². The zero-order chi connectivity index (χ0) is 19.5. The topological polar surface area (TPSA) is 74.8 Å². The fourth-order valence-corrected chi connectivity index (χ4v) is 2.27. The van der Waals surface area contributed by atoms with Crippen molar-refractivity contribution in [2.45, 2.75) is 20.0 Å². The molecule has 2 aromatic rings. The Kier molecular flexibility index (Phi) is 10.9. The Bertz CT molecular complexity index is 759. The lowest BCUT2D eigenvalue weighted by Crippen LogP contribution is -2.42. The van der Waals surface area contributed by atoms with Gasteiger partial charge in [0.1, 0.15) is 24.2 Å². The van der Waals surface area contributed by atoms with Crippen molar-refractivity contribution in [2.75, 3.05) is 25.0 Å². The number of hydrogen-bond donors (Lipinski definition) is 3. The first kappa shape index (κ1) is 23.7. The van der Waals surface area contributed by atoms with Gasteiger partial charge in [-0.1, -0.05) is 24.3 Å². The molecule has 1 unspecified atom stereocenters.